The van der Waals surface area contributed by atoms with E-state index < -0.39 is 0 Å². The fraction of sp³-hybridized carbons (Fsp3) is 0.333. The van der Waals surface area contributed by atoms with Gasteiger partial charge in [-0.15, -0.1) is 0 Å². The van der Waals surface area contributed by atoms with E-state index in [1.54, 1.807) is 0 Å². The van der Waals surface area contributed by atoms with E-state index in [0.29, 0.717) is 12.0 Å². The quantitative estimate of drug-likeness (QED) is 0.798. The minimum Gasteiger partial charge on any atom is -0.378 e. The number of anilines is 1. The molecule has 0 fully saturated rings. The van der Waals surface area contributed by atoms with Crippen molar-refractivity contribution in [1.82, 2.24) is 0 Å². The third kappa shape index (κ3) is 3.17. The Bertz CT molecular complexity index is 529. The van der Waals surface area contributed by atoms with Gasteiger partial charge in [0, 0.05) is 5.69 Å². The predicted molar refractivity (Wildman–Crippen MR) is 83.6 cm³/mol. The highest BCUT2D eigenvalue weighted by molar-refractivity contribution is 5.55. The fourth-order valence-electron chi connectivity index (χ4n) is 2.37. The molecule has 0 saturated heterocycles. The number of nitrogens with one attached hydrogen (secondary N) is 1. The average Bonchev–Trinajstić information content (AvgIpc) is 2.41. The molecule has 0 heterocycles. The number of aryl methyl sites for hydroxylation is 1. The third-order valence-electron chi connectivity index (χ3n) is 3.74. The molecule has 0 aliphatic heterocycles. The van der Waals surface area contributed by atoms with E-state index in [0.717, 1.165) is 0 Å². The van der Waals surface area contributed by atoms with E-state index >= 15 is 0 Å². The first-order valence-electron chi connectivity index (χ1n) is 6.97. The van der Waals surface area contributed by atoms with Gasteiger partial charge < -0.3 is 5.32 Å². The summed E-state index contributed by atoms with van der Waals surface area (Å²) in [6.07, 6.45) is 0. The molecule has 0 aromatic heterocycles. The Morgan fingerprint density at radius 2 is 1.53 bits per heavy atom. The van der Waals surface area contributed by atoms with E-state index in [-0.39, 0.29) is 0 Å². The van der Waals surface area contributed by atoms with Gasteiger partial charge in [-0.25, -0.2) is 0 Å². The lowest BCUT2D eigenvalue weighted by atomic mass is 9.95. The van der Waals surface area contributed by atoms with Crippen molar-refractivity contribution in [1.29, 1.82) is 0 Å². The van der Waals surface area contributed by atoms with E-state index in [4.69, 9.17) is 0 Å². The molecule has 0 radical (unpaired) electrons. The van der Waals surface area contributed by atoms with Gasteiger partial charge in [-0.05, 0) is 42.5 Å². The Labute approximate surface area is 116 Å². The molecule has 0 bridgehead atoms. The molecule has 0 aliphatic carbocycles. The SMILES string of the molecule is Cc1cccc(NC(c2ccccc2)C(C)C)c1C. The summed E-state index contributed by atoms with van der Waals surface area (Å²) in [5.41, 5.74) is 5.26. The van der Waals surface area contributed by atoms with Crippen LogP contribution >= 0.6 is 0 Å². The summed E-state index contributed by atoms with van der Waals surface area (Å²) < 4.78 is 0. The van der Waals surface area contributed by atoms with Gasteiger partial charge >= 0.3 is 0 Å². The molecule has 1 heteroatoms. The molecular weight excluding hydrogens is 230 g/mol. The predicted octanol–water partition coefficient (Wildman–Crippen LogP) is 5.11. The Morgan fingerprint density at radius 1 is 0.842 bits per heavy atom. The maximum atomic E-state index is 3.70. The molecule has 0 spiro atoms. The van der Waals surface area contributed by atoms with Crippen LogP contribution in [0.15, 0.2) is 48.5 Å². The smallest absolute Gasteiger partial charge is 0.0536 e. The van der Waals surface area contributed by atoms with Crippen molar-refractivity contribution in [2.24, 2.45) is 5.92 Å². The Kier molecular flexibility index (Phi) is 4.26. The van der Waals surface area contributed by atoms with Crippen molar-refractivity contribution >= 4 is 5.69 Å². The molecule has 1 nitrogen and oxygen atoms in total. The molecule has 2 rings (SSSR count). The van der Waals surface area contributed by atoms with Gasteiger partial charge in [0.15, 0.2) is 0 Å². The second kappa shape index (κ2) is 5.92. The van der Waals surface area contributed by atoms with Crippen LogP contribution in [-0.2, 0) is 0 Å². The van der Waals surface area contributed by atoms with Crippen molar-refractivity contribution < 1.29 is 0 Å². The molecule has 1 N–H and O–H groups in total. The van der Waals surface area contributed by atoms with Crippen LogP contribution in [0.4, 0.5) is 5.69 Å². The number of hydrogen-bond acceptors (Lipinski definition) is 1. The van der Waals surface area contributed by atoms with Crippen molar-refractivity contribution in [3.05, 3.63) is 65.2 Å². The van der Waals surface area contributed by atoms with Crippen molar-refractivity contribution in [3.8, 4) is 0 Å². The number of benzene rings is 2. The van der Waals surface area contributed by atoms with Crippen LogP contribution in [0.1, 0.15) is 36.6 Å². The van der Waals surface area contributed by atoms with E-state index in [2.05, 4.69) is 81.5 Å². The zero-order valence-corrected chi connectivity index (χ0v) is 12.3. The molecule has 1 unspecified atom stereocenters. The molecule has 100 valence electrons. The lowest BCUT2D eigenvalue weighted by molar-refractivity contribution is 0.546. The molecule has 2 aromatic rings. The average molecular weight is 253 g/mol. The summed E-state index contributed by atoms with van der Waals surface area (Å²) in [6, 6.07) is 17.5. The largest absolute Gasteiger partial charge is 0.378 e. The summed E-state index contributed by atoms with van der Waals surface area (Å²) in [5, 5.41) is 3.70. The van der Waals surface area contributed by atoms with E-state index in [1.807, 2.05) is 0 Å². The molecule has 1 atom stereocenters. The summed E-state index contributed by atoms with van der Waals surface area (Å²) in [6.45, 7) is 8.86. The molecule has 2 aromatic carbocycles. The first kappa shape index (κ1) is 13.7. The van der Waals surface area contributed by atoms with Gasteiger partial charge in [-0.1, -0.05) is 56.3 Å². The van der Waals surface area contributed by atoms with Crippen LogP contribution < -0.4 is 5.32 Å². The van der Waals surface area contributed by atoms with Crippen LogP contribution in [0.25, 0.3) is 0 Å². The lowest BCUT2D eigenvalue weighted by Crippen LogP contribution is -2.17. The van der Waals surface area contributed by atoms with Crippen molar-refractivity contribution in [3.63, 3.8) is 0 Å². The highest BCUT2D eigenvalue weighted by Crippen LogP contribution is 2.28. The highest BCUT2D eigenvalue weighted by atomic mass is 14.9. The molecular formula is C18H23N. The van der Waals surface area contributed by atoms with Gasteiger partial charge in [0.05, 0.1) is 6.04 Å². The Balaban J connectivity index is 2.30. The fourth-order valence-corrected chi connectivity index (χ4v) is 2.37. The molecule has 0 aliphatic rings. The Morgan fingerprint density at radius 3 is 2.16 bits per heavy atom. The van der Waals surface area contributed by atoms with Gasteiger partial charge in [0.25, 0.3) is 0 Å². The zero-order chi connectivity index (χ0) is 13.8. The first-order chi connectivity index (χ1) is 9.09. The zero-order valence-electron chi connectivity index (χ0n) is 12.3. The van der Waals surface area contributed by atoms with Gasteiger partial charge in [0.1, 0.15) is 0 Å². The first-order valence-corrected chi connectivity index (χ1v) is 6.97. The molecule has 0 saturated carbocycles. The maximum Gasteiger partial charge on any atom is 0.0536 e. The topological polar surface area (TPSA) is 12.0 Å². The second-order valence-electron chi connectivity index (χ2n) is 5.52. The Hall–Kier alpha value is -1.76. The van der Waals surface area contributed by atoms with Crippen LogP contribution in [0.2, 0.25) is 0 Å². The molecule has 0 amide bonds. The van der Waals surface area contributed by atoms with Crippen LogP contribution in [0.3, 0.4) is 0 Å². The van der Waals surface area contributed by atoms with Crippen LogP contribution in [0, 0.1) is 19.8 Å². The third-order valence-corrected chi connectivity index (χ3v) is 3.74. The highest BCUT2D eigenvalue weighted by Gasteiger charge is 2.16. The van der Waals surface area contributed by atoms with E-state index in [1.165, 1.54) is 22.4 Å². The number of hydrogen-bond donors (Lipinski definition) is 1. The minimum absolute atomic E-state index is 0.349. The van der Waals surface area contributed by atoms with Gasteiger partial charge in [-0.2, -0.15) is 0 Å². The second-order valence-corrected chi connectivity index (χ2v) is 5.52. The van der Waals surface area contributed by atoms with Crippen molar-refractivity contribution in [2.45, 2.75) is 33.7 Å². The number of rotatable bonds is 4. The normalized spacial score (nSPS) is 12.5. The van der Waals surface area contributed by atoms with Crippen LogP contribution in [-0.4, -0.2) is 0 Å². The summed E-state index contributed by atoms with van der Waals surface area (Å²) in [4.78, 5) is 0. The standard InChI is InChI=1S/C18H23N/c1-13(2)18(16-10-6-5-7-11-16)19-17-12-8-9-14(3)15(17)4/h5-13,18-19H,1-4H3. The van der Waals surface area contributed by atoms with Crippen molar-refractivity contribution in [2.75, 3.05) is 5.32 Å². The van der Waals surface area contributed by atoms with E-state index in [9.17, 15) is 0 Å². The van der Waals surface area contributed by atoms with Gasteiger partial charge in [-0.3, -0.25) is 0 Å². The lowest BCUT2D eigenvalue weighted by Gasteiger charge is -2.25. The minimum atomic E-state index is 0.349. The van der Waals surface area contributed by atoms with Crippen LogP contribution in [0.5, 0.6) is 0 Å². The summed E-state index contributed by atoms with van der Waals surface area (Å²) in [7, 11) is 0. The van der Waals surface area contributed by atoms with Gasteiger partial charge in [0.2, 0.25) is 0 Å². The summed E-state index contributed by atoms with van der Waals surface area (Å²) >= 11 is 0. The monoisotopic (exact) mass is 253 g/mol. The molecule has 19 heavy (non-hydrogen) atoms. The summed E-state index contributed by atoms with van der Waals surface area (Å²) in [5.74, 6) is 0.544. The maximum absolute atomic E-state index is 3.70.